The van der Waals surface area contributed by atoms with Gasteiger partial charge in [-0.25, -0.2) is 0 Å². The van der Waals surface area contributed by atoms with Crippen molar-refractivity contribution >= 4 is 18.6 Å². The molecule has 0 bridgehead atoms. The number of hydrogen-bond donors (Lipinski definition) is 1. The highest BCUT2D eigenvalue weighted by Gasteiger charge is 2.14. The second-order valence-electron chi connectivity index (χ2n) is 6.43. The highest BCUT2D eigenvalue weighted by molar-refractivity contribution is 7.80. The first-order chi connectivity index (χ1) is 11.3. The summed E-state index contributed by atoms with van der Waals surface area (Å²) in [5.41, 5.74) is 0. The molecule has 1 rings (SSSR count). The quantitative estimate of drug-likeness (QED) is 0.229. The number of rotatable bonds is 15. The molecule has 0 aromatic heterocycles. The van der Waals surface area contributed by atoms with Crippen LogP contribution in [0.2, 0.25) is 0 Å². The predicted octanol–water partition coefficient (Wildman–Crippen LogP) is 5.88. The van der Waals surface area contributed by atoms with Crippen LogP contribution in [0.25, 0.3) is 0 Å². The Morgan fingerprint density at radius 1 is 0.739 bits per heavy atom. The molecule has 3 heteroatoms. The predicted molar refractivity (Wildman–Crippen MR) is 102 cm³/mol. The van der Waals surface area contributed by atoms with Crippen LogP contribution in [0.1, 0.15) is 77.0 Å². The van der Waals surface area contributed by atoms with E-state index < -0.39 is 0 Å². The molecular weight excluding hydrogens is 304 g/mol. The molecule has 0 spiro atoms. The van der Waals surface area contributed by atoms with E-state index >= 15 is 0 Å². The van der Waals surface area contributed by atoms with E-state index in [1.807, 2.05) is 24.3 Å². The van der Waals surface area contributed by atoms with Crippen LogP contribution >= 0.6 is 12.6 Å². The van der Waals surface area contributed by atoms with Gasteiger partial charge in [0.1, 0.15) is 0 Å². The Labute approximate surface area is 148 Å². The Hall–Kier alpha value is -0.700. The molecule has 0 atom stereocenters. The van der Waals surface area contributed by atoms with Gasteiger partial charge < -0.3 is 4.74 Å². The monoisotopic (exact) mass is 338 g/mol. The first-order valence-electron chi connectivity index (χ1n) is 9.47. The van der Waals surface area contributed by atoms with Crippen LogP contribution in [0.15, 0.2) is 24.3 Å². The van der Waals surface area contributed by atoms with Gasteiger partial charge in [0.05, 0.1) is 12.5 Å². The van der Waals surface area contributed by atoms with Crippen LogP contribution in [0, 0.1) is 5.92 Å². The van der Waals surface area contributed by atoms with E-state index in [9.17, 15) is 4.79 Å². The molecule has 0 aromatic carbocycles. The fraction of sp³-hybridized carbons (Fsp3) is 0.750. The number of carbonyl (C=O) groups excluding carboxylic acids is 1. The molecule has 132 valence electrons. The summed E-state index contributed by atoms with van der Waals surface area (Å²) < 4.78 is 5.28. The van der Waals surface area contributed by atoms with Gasteiger partial charge in [-0.15, -0.1) is 0 Å². The molecule has 1 aliphatic rings. The van der Waals surface area contributed by atoms with Crippen molar-refractivity contribution in [1.29, 1.82) is 0 Å². The van der Waals surface area contributed by atoms with E-state index in [1.165, 1.54) is 70.6 Å². The van der Waals surface area contributed by atoms with Crippen molar-refractivity contribution in [3.63, 3.8) is 0 Å². The molecule has 23 heavy (non-hydrogen) atoms. The normalized spacial score (nSPS) is 13.8. The maximum absolute atomic E-state index is 11.6. The van der Waals surface area contributed by atoms with E-state index in [0.717, 1.165) is 12.2 Å². The Balaban J connectivity index is 1.74. The highest BCUT2D eigenvalue weighted by Crippen LogP contribution is 2.13. The number of allylic oxidation sites excluding steroid dienone is 2. The van der Waals surface area contributed by atoms with Crippen molar-refractivity contribution in [2.24, 2.45) is 5.92 Å². The van der Waals surface area contributed by atoms with Crippen molar-refractivity contribution in [3.05, 3.63) is 24.3 Å². The fourth-order valence-electron chi connectivity index (χ4n) is 2.84. The molecule has 0 aromatic rings. The lowest BCUT2D eigenvalue weighted by atomic mass is 10.1. The lowest BCUT2D eigenvalue weighted by Gasteiger charge is -2.07. The molecule has 2 nitrogen and oxygen atoms in total. The standard InChI is InChI=1S/C20H34O2S/c21-20(19-15-11-12-16-19)22-17-13-9-7-5-3-1-2-4-6-8-10-14-18-23/h11-12,15-16,19,23H,1-10,13-14,17-18H2. The topological polar surface area (TPSA) is 26.3 Å². The summed E-state index contributed by atoms with van der Waals surface area (Å²) in [5, 5.41) is 0. The number of hydrogen-bond acceptors (Lipinski definition) is 3. The summed E-state index contributed by atoms with van der Waals surface area (Å²) >= 11 is 4.23. The van der Waals surface area contributed by atoms with Crippen molar-refractivity contribution in [2.45, 2.75) is 77.0 Å². The summed E-state index contributed by atoms with van der Waals surface area (Å²) in [6.07, 6.45) is 23.2. The Morgan fingerprint density at radius 3 is 1.65 bits per heavy atom. The van der Waals surface area contributed by atoms with Gasteiger partial charge in [0.15, 0.2) is 0 Å². The summed E-state index contributed by atoms with van der Waals surface area (Å²) in [7, 11) is 0. The number of carbonyl (C=O) groups is 1. The van der Waals surface area contributed by atoms with Crippen LogP contribution in [0.5, 0.6) is 0 Å². The van der Waals surface area contributed by atoms with Gasteiger partial charge in [-0.3, -0.25) is 4.79 Å². The number of unbranched alkanes of at least 4 members (excludes halogenated alkanes) is 11. The van der Waals surface area contributed by atoms with E-state index in [-0.39, 0.29) is 11.9 Å². The van der Waals surface area contributed by atoms with Gasteiger partial charge in [-0.05, 0) is 18.6 Å². The maximum atomic E-state index is 11.6. The molecule has 0 fully saturated rings. The van der Waals surface area contributed by atoms with Gasteiger partial charge in [-0.2, -0.15) is 12.6 Å². The third-order valence-electron chi connectivity index (χ3n) is 4.32. The Morgan fingerprint density at radius 2 is 1.17 bits per heavy atom. The van der Waals surface area contributed by atoms with Crippen molar-refractivity contribution in [3.8, 4) is 0 Å². The molecule has 0 saturated carbocycles. The highest BCUT2D eigenvalue weighted by atomic mass is 32.1. The first kappa shape index (κ1) is 20.3. The number of ether oxygens (including phenoxy) is 1. The van der Waals surface area contributed by atoms with Crippen molar-refractivity contribution in [2.75, 3.05) is 12.4 Å². The molecule has 0 heterocycles. The van der Waals surface area contributed by atoms with Crippen LogP contribution in [0.4, 0.5) is 0 Å². The molecule has 0 radical (unpaired) electrons. The van der Waals surface area contributed by atoms with E-state index in [2.05, 4.69) is 12.6 Å². The molecule has 0 saturated heterocycles. The molecular formula is C20H34O2S. The third kappa shape index (κ3) is 11.5. The fourth-order valence-corrected chi connectivity index (χ4v) is 3.06. The Kier molecular flexibility index (Phi) is 13.1. The minimum atomic E-state index is -0.145. The van der Waals surface area contributed by atoms with Crippen LogP contribution in [-0.4, -0.2) is 18.3 Å². The number of thiol groups is 1. The molecule has 0 aliphatic heterocycles. The zero-order chi connectivity index (χ0) is 16.6. The molecule has 0 amide bonds. The largest absolute Gasteiger partial charge is 0.465 e. The lowest BCUT2D eigenvalue weighted by Crippen LogP contribution is -2.13. The average Bonchev–Trinajstić information content (AvgIpc) is 3.09. The second kappa shape index (κ2) is 14.9. The smallest absolute Gasteiger partial charge is 0.316 e. The minimum absolute atomic E-state index is 0.107. The van der Waals surface area contributed by atoms with E-state index in [1.54, 1.807) is 0 Å². The summed E-state index contributed by atoms with van der Waals surface area (Å²) in [4.78, 5) is 11.6. The van der Waals surface area contributed by atoms with Crippen LogP contribution in [0.3, 0.4) is 0 Å². The van der Waals surface area contributed by atoms with Crippen LogP contribution in [-0.2, 0) is 9.53 Å². The van der Waals surface area contributed by atoms with Gasteiger partial charge in [-0.1, -0.05) is 88.5 Å². The van der Waals surface area contributed by atoms with Gasteiger partial charge in [0.25, 0.3) is 0 Å². The maximum Gasteiger partial charge on any atom is 0.316 e. The first-order valence-corrected chi connectivity index (χ1v) is 10.1. The second-order valence-corrected chi connectivity index (χ2v) is 6.88. The van der Waals surface area contributed by atoms with Crippen molar-refractivity contribution in [1.82, 2.24) is 0 Å². The Bertz CT molecular complexity index is 338. The minimum Gasteiger partial charge on any atom is -0.465 e. The van der Waals surface area contributed by atoms with Gasteiger partial charge in [0, 0.05) is 0 Å². The summed E-state index contributed by atoms with van der Waals surface area (Å²) in [5.74, 6) is 0.783. The lowest BCUT2D eigenvalue weighted by molar-refractivity contribution is -0.145. The van der Waals surface area contributed by atoms with Gasteiger partial charge in [0.2, 0.25) is 0 Å². The molecule has 1 aliphatic carbocycles. The SMILES string of the molecule is O=C(OCCCCCCCCCCCCCCS)C1C=CC=C1. The average molecular weight is 339 g/mol. The molecule has 0 unspecified atom stereocenters. The zero-order valence-electron chi connectivity index (χ0n) is 14.5. The van der Waals surface area contributed by atoms with E-state index in [0.29, 0.717) is 6.61 Å². The van der Waals surface area contributed by atoms with Crippen LogP contribution < -0.4 is 0 Å². The summed E-state index contributed by atoms with van der Waals surface area (Å²) in [6.45, 7) is 0.573. The van der Waals surface area contributed by atoms with Gasteiger partial charge >= 0.3 is 5.97 Å². The zero-order valence-corrected chi connectivity index (χ0v) is 15.4. The third-order valence-corrected chi connectivity index (χ3v) is 4.63. The van der Waals surface area contributed by atoms with Crippen molar-refractivity contribution < 1.29 is 9.53 Å². The number of esters is 1. The van der Waals surface area contributed by atoms with E-state index in [4.69, 9.17) is 4.74 Å². The molecule has 0 N–H and O–H groups in total. The summed E-state index contributed by atoms with van der Waals surface area (Å²) in [6, 6.07) is 0.